The van der Waals surface area contributed by atoms with Gasteiger partial charge >= 0.3 is 6.09 Å². The molecule has 1 unspecified atom stereocenters. The molecule has 1 aliphatic heterocycles. The van der Waals surface area contributed by atoms with Crippen molar-refractivity contribution in [2.45, 2.75) is 25.8 Å². The fourth-order valence-electron chi connectivity index (χ4n) is 2.24. The van der Waals surface area contributed by atoms with E-state index in [4.69, 9.17) is 9.15 Å². The molecular weight excluding hydrogens is 328 g/mol. The van der Waals surface area contributed by atoms with Crippen molar-refractivity contribution in [3.8, 4) is 0 Å². The Morgan fingerprint density at radius 2 is 2.40 bits per heavy atom. The number of piperidine rings is 1. The summed E-state index contributed by atoms with van der Waals surface area (Å²) in [6.07, 6.45) is 2.72. The first-order valence-electron chi connectivity index (χ1n) is 6.57. The van der Waals surface area contributed by atoms with Crippen molar-refractivity contribution in [2.24, 2.45) is 0 Å². The predicted octanol–water partition coefficient (Wildman–Crippen LogP) is 2.39. The predicted molar refractivity (Wildman–Crippen MR) is 75.5 cm³/mol. The maximum atomic E-state index is 12.3. The van der Waals surface area contributed by atoms with Gasteiger partial charge in [0.05, 0.1) is 18.4 Å². The van der Waals surface area contributed by atoms with Crippen LogP contribution in [0.3, 0.4) is 0 Å². The summed E-state index contributed by atoms with van der Waals surface area (Å²) in [6, 6.07) is 1.56. The van der Waals surface area contributed by atoms with Gasteiger partial charge in [0.2, 0.25) is 0 Å². The van der Waals surface area contributed by atoms with Crippen LogP contribution in [0.1, 0.15) is 30.1 Å². The number of halogens is 1. The summed E-state index contributed by atoms with van der Waals surface area (Å²) in [5.41, 5.74) is 0.502. The standard InChI is InChI=1S/C13H17BrN2O4/c1-2-19-13(18)15-9-4-3-6-16(8-9)12(17)10-5-7-20-11(10)14/h5,7,9H,2-4,6,8H2,1H3,(H,15,18). The maximum Gasteiger partial charge on any atom is 0.407 e. The molecular formula is C13H17BrN2O4. The molecule has 0 saturated carbocycles. The fraction of sp³-hybridized carbons (Fsp3) is 0.538. The van der Waals surface area contributed by atoms with Crippen LogP contribution in [0.15, 0.2) is 21.4 Å². The molecule has 7 heteroatoms. The third-order valence-electron chi connectivity index (χ3n) is 3.15. The number of amides is 2. The highest BCUT2D eigenvalue weighted by atomic mass is 79.9. The Balaban J connectivity index is 1.95. The quantitative estimate of drug-likeness (QED) is 0.913. The second-order valence-electron chi connectivity index (χ2n) is 4.56. The smallest absolute Gasteiger partial charge is 0.407 e. The Kier molecular flexibility index (Phi) is 5.05. The van der Waals surface area contributed by atoms with E-state index in [0.717, 1.165) is 12.8 Å². The molecule has 6 nitrogen and oxygen atoms in total. The van der Waals surface area contributed by atoms with Gasteiger partial charge < -0.3 is 19.4 Å². The number of carbonyl (C=O) groups excluding carboxylic acids is 2. The van der Waals surface area contributed by atoms with Gasteiger partial charge in [0.25, 0.3) is 5.91 Å². The minimum Gasteiger partial charge on any atom is -0.457 e. The Labute approximate surface area is 125 Å². The number of nitrogens with zero attached hydrogens (tertiary/aromatic N) is 1. The highest BCUT2D eigenvalue weighted by Crippen LogP contribution is 2.21. The summed E-state index contributed by atoms with van der Waals surface area (Å²) in [7, 11) is 0. The van der Waals surface area contributed by atoms with E-state index in [1.807, 2.05) is 0 Å². The summed E-state index contributed by atoms with van der Waals surface area (Å²) >= 11 is 3.21. The SMILES string of the molecule is CCOC(=O)NC1CCCN(C(=O)c2ccoc2Br)C1. The molecule has 1 aromatic rings. The lowest BCUT2D eigenvalue weighted by atomic mass is 10.1. The largest absolute Gasteiger partial charge is 0.457 e. The normalized spacial score (nSPS) is 18.7. The molecule has 1 aliphatic rings. The number of carbonyl (C=O) groups is 2. The van der Waals surface area contributed by atoms with Gasteiger partial charge in [0.1, 0.15) is 0 Å². The highest BCUT2D eigenvalue weighted by Gasteiger charge is 2.27. The van der Waals surface area contributed by atoms with E-state index in [9.17, 15) is 9.59 Å². The van der Waals surface area contributed by atoms with Crippen molar-refractivity contribution >= 4 is 27.9 Å². The average molecular weight is 345 g/mol. The number of ether oxygens (including phenoxy) is 1. The van der Waals surface area contributed by atoms with Crippen molar-refractivity contribution in [1.82, 2.24) is 10.2 Å². The third kappa shape index (κ3) is 3.53. The van der Waals surface area contributed by atoms with E-state index in [1.165, 1.54) is 6.26 Å². The van der Waals surface area contributed by atoms with Gasteiger partial charge in [-0.2, -0.15) is 0 Å². The molecule has 0 radical (unpaired) electrons. The molecule has 0 aliphatic carbocycles. The van der Waals surface area contributed by atoms with Crippen LogP contribution in [0.4, 0.5) is 4.79 Å². The summed E-state index contributed by atoms with van der Waals surface area (Å²) in [6.45, 7) is 3.25. The van der Waals surface area contributed by atoms with Gasteiger partial charge in [-0.25, -0.2) is 4.79 Å². The topological polar surface area (TPSA) is 71.8 Å². The van der Waals surface area contributed by atoms with E-state index in [-0.39, 0.29) is 11.9 Å². The lowest BCUT2D eigenvalue weighted by Gasteiger charge is -2.32. The van der Waals surface area contributed by atoms with Crippen LogP contribution in [0, 0.1) is 0 Å². The lowest BCUT2D eigenvalue weighted by molar-refractivity contribution is 0.0684. The first-order valence-corrected chi connectivity index (χ1v) is 7.36. The van der Waals surface area contributed by atoms with E-state index < -0.39 is 6.09 Å². The molecule has 1 saturated heterocycles. The van der Waals surface area contributed by atoms with Crippen molar-refractivity contribution in [1.29, 1.82) is 0 Å². The zero-order valence-corrected chi connectivity index (χ0v) is 12.8. The zero-order chi connectivity index (χ0) is 14.5. The number of rotatable bonds is 3. The number of hydrogen-bond acceptors (Lipinski definition) is 4. The van der Waals surface area contributed by atoms with Gasteiger partial charge in [0.15, 0.2) is 4.67 Å². The van der Waals surface area contributed by atoms with Crippen LogP contribution in [0.5, 0.6) is 0 Å². The third-order valence-corrected chi connectivity index (χ3v) is 3.77. The van der Waals surface area contributed by atoms with Crippen molar-refractivity contribution < 1.29 is 18.7 Å². The van der Waals surface area contributed by atoms with E-state index >= 15 is 0 Å². The molecule has 1 aromatic heterocycles. The van der Waals surface area contributed by atoms with E-state index in [0.29, 0.717) is 29.9 Å². The first-order chi connectivity index (χ1) is 9.61. The first kappa shape index (κ1) is 14.9. The Morgan fingerprint density at radius 3 is 3.05 bits per heavy atom. The fourth-order valence-corrected chi connectivity index (χ4v) is 2.65. The number of furan rings is 1. The summed E-state index contributed by atoms with van der Waals surface area (Å²) in [5, 5.41) is 2.77. The average Bonchev–Trinajstić information content (AvgIpc) is 2.84. The Morgan fingerprint density at radius 1 is 1.60 bits per heavy atom. The maximum absolute atomic E-state index is 12.3. The monoisotopic (exact) mass is 344 g/mol. The molecule has 0 bridgehead atoms. The summed E-state index contributed by atoms with van der Waals surface area (Å²) < 4.78 is 10.4. The van der Waals surface area contributed by atoms with Crippen molar-refractivity contribution in [3.05, 3.63) is 22.6 Å². The Bertz CT molecular complexity index is 488. The number of nitrogens with one attached hydrogen (secondary N) is 1. The summed E-state index contributed by atoms with van der Waals surface area (Å²) in [5.74, 6) is -0.0963. The van der Waals surface area contributed by atoms with Gasteiger partial charge in [-0.15, -0.1) is 0 Å². The van der Waals surface area contributed by atoms with Crippen molar-refractivity contribution in [3.63, 3.8) is 0 Å². The minimum absolute atomic E-state index is 0.0718. The molecule has 110 valence electrons. The van der Waals surface area contributed by atoms with Crippen molar-refractivity contribution in [2.75, 3.05) is 19.7 Å². The van der Waals surface area contributed by atoms with Crippen LogP contribution in [-0.4, -0.2) is 42.6 Å². The molecule has 2 heterocycles. The van der Waals surface area contributed by atoms with E-state index in [2.05, 4.69) is 21.2 Å². The molecule has 1 N–H and O–H groups in total. The van der Waals surface area contributed by atoms with Gasteiger partial charge in [-0.05, 0) is 41.8 Å². The summed E-state index contributed by atoms with van der Waals surface area (Å²) in [4.78, 5) is 25.5. The Hall–Kier alpha value is -1.50. The van der Waals surface area contributed by atoms with E-state index in [1.54, 1.807) is 17.9 Å². The second kappa shape index (κ2) is 6.78. The molecule has 0 aromatic carbocycles. The number of alkyl carbamates (subject to hydrolysis) is 1. The lowest BCUT2D eigenvalue weighted by Crippen LogP contribution is -2.49. The molecule has 2 rings (SSSR count). The van der Waals surface area contributed by atoms with Gasteiger partial charge in [-0.1, -0.05) is 0 Å². The molecule has 1 atom stereocenters. The molecule has 2 amide bonds. The van der Waals surface area contributed by atoms with Crippen LogP contribution in [0.2, 0.25) is 0 Å². The molecule has 1 fully saturated rings. The van der Waals surface area contributed by atoms with Gasteiger partial charge in [-0.3, -0.25) is 4.79 Å². The molecule has 0 spiro atoms. The highest BCUT2D eigenvalue weighted by molar-refractivity contribution is 9.10. The van der Waals surface area contributed by atoms with Crippen LogP contribution in [-0.2, 0) is 4.74 Å². The minimum atomic E-state index is -0.434. The van der Waals surface area contributed by atoms with Crippen LogP contribution < -0.4 is 5.32 Å². The molecule has 20 heavy (non-hydrogen) atoms. The van der Waals surface area contributed by atoms with Gasteiger partial charge in [0, 0.05) is 19.1 Å². The number of hydrogen-bond donors (Lipinski definition) is 1. The number of likely N-dealkylation sites (tertiary alicyclic amines) is 1. The second-order valence-corrected chi connectivity index (χ2v) is 5.28. The zero-order valence-electron chi connectivity index (χ0n) is 11.2. The van der Waals surface area contributed by atoms with Crippen LogP contribution >= 0.6 is 15.9 Å². The van der Waals surface area contributed by atoms with Crippen LogP contribution in [0.25, 0.3) is 0 Å².